The number of phenols is 1. The highest BCUT2D eigenvalue weighted by atomic mass is 79.9. The van der Waals surface area contributed by atoms with Crippen LogP contribution in [-0.2, 0) is 4.79 Å². The van der Waals surface area contributed by atoms with E-state index < -0.39 is 12.5 Å². The molecular weight excluding hydrogens is 264 g/mol. The second-order valence-corrected chi connectivity index (χ2v) is 3.57. The Labute approximate surface area is 94.6 Å². The Morgan fingerprint density at radius 1 is 1.60 bits per heavy atom. The second kappa shape index (κ2) is 5.47. The van der Waals surface area contributed by atoms with Gasteiger partial charge in [0.25, 0.3) is 5.91 Å². The van der Waals surface area contributed by atoms with Crippen LogP contribution in [0.5, 0.6) is 5.75 Å². The molecule has 1 aromatic rings. The molecule has 0 aliphatic rings. The first-order valence-corrected chi connectivity index (χ1v) is 4.84. The lowest BCUT2D eigenvalue weighted by Gasteiger charge is -1.99. The molecule has 0 fully saturated rings. The van der Waals surface area contributed by atoms with Gasteiger partial charge in [0.15, 0.2) is 0 Å². The Kier molecular flexibility index (Phi) is 4.26. The van der Waals surface area contributed by atoms with Crippen molar-refractivity contribution in [2.75, 3.05) is 6.61 Å². The van der Waals surface area contributed by atoms with Gasteiger partial charge in [-0.25, -0.2) is 5.43 Å². The van der Waals surface area contributed by atoms with E-state index in [9.17, 15) is 9.90 Å². The molecule has 0 spiro atoms. The number of benzene rings is 1. The van der Waals surface area contributed by atoms with E-state index in [4.69, 9.17) is 5.11 Å². The Morgan fingerprint density at radius 2 is 2.33 bits per heavy atom. The molecule has 0 heterocycles. The molecule has 0 saturated heterocycles. The zero-order chi connectivity index (χ0) is 11.3. The molecule has 80 valence electrons. The maximum absolute atomic E-state index is 10.6. The van der Waals surface area contributed by atoms with Gasteiger partial charge >= 0.3 is 0 Å². The summed E-state index contributed by atoms with van der Waals surface area (Å²) in [4.78, 5) is 10.6. The van der Waals surface area contributed by atoms with Gasteiger partial charge in [-0.1, -0.05) is 15.9 Å². The van der Waals surface area contributed by atoms with E-state index >= 15 is 0 Å². The predicted octanol–water partition coefficient (Wildman–Crippen LogP) is 0.597. The number of hydrazone groups is 1. The maximum Gasteiger partial charge on any atom is 0.265 e. The molecule has 0 aromatic heterocycles. The van der Waals surface area contributed by atoms with Gasteiger partial charge < -0.3 is 10.2 Å². The largest absolute Gasteiger partial charge is 0.507 e. The Bertz CT molecular complexity index is 393. The fraction of sp³-hybridized carbons (Fsp3) is 0.111. The molecule has 0 bridgehead atoms. The number of aromatic hydroxyl groups is 1. The maximum atomic E-state index is 10.6. The number of rotatable bonds is 3. The lowest BCUT2D eigenvalue weighted by molar-refractivity contribution is -0.123. The van der Waals surface area contributed by atoms with Gasteiger partial charge in [-0.3, -0.25) is 4.79 Å². The summed E-state index contributed by atoms with van der Waals surface area (Å²) in [5.41, 5.74) is 2.54. The summed E-state index contributed by atoms with van der Waals surface area (Å²) in [6.07, 6.45) is 1.29. The molecule has 1 aromatic carbocycles. The molecule has 6 heteroatoms. The van der Waals surface area contributed by atoms with E-state index in [1.165, 1.54) is 12.3 Å². The molecule has 0 radical (unpaired) electrons. The van der Waals surface area contributed by atoms with Crippen LogP contribution in [0, 0.1) is 0 Å². The molecule has 1 rings (SSSR count). The van der Waals surface area contributed by atoms with Crippen molar-refractivity contribution in [2.24, 2.45) is 5.10 Å². The monoisotopic (exact) mass is 272 g/mol. The highest BCUT2D eigenvalue weighted by Gasteiger charge is 1.99. The Morgan fingerprint density at radius 3 is 3.00 bits per heavy atom. The van der Waals surface area contributed by atoms with Crippen LogP contribution in [0.2, 0.25) is 0 Å². The summed E-state index contributed by atoms with van der Waals surface area (Å²) >= 11 is 3.23. The molecule has 0 aliphatic heterocycles. The SMILES string of the molecule is O=C(CO)N/N=C\c1cc(Br)ccc1O. The third kappa shape index (κ3) is 3.69. The minimum absolute atomic E-state index is 0.0557. The number of hydrogen-bond acceptors (Lipinski definition) is 4. The number of aliphatic hydroxyl groups excluding tert-OH is 1. The quantitative estimate of drug-likeness (QED) is 0.557. The topological polar surface area (TPSA) is 81.9 Å². The molecule has 0 aliphatic carbocycles. The van der Waals surface area contributed by atoms with Gasteiger partial charge in [0, 0.05) is 10.0 Å². The van der Waals surface area contributed by atoms with Crippen molar-refractivity contribution in [2.45, 2.75) is 0 Å². The minimum Gasteiger partial charge on any atom is -0.507 e. The number of carbonyl (C=O) groups excluding carboxylic acids is 1. The van der Waals surface area contributed by atoms with Crippen LogP contribution in [0.3, 0.4) is 0 Å². The van der Waals surface area contributed by atoms with Crippen LogP contribution in [0.4, 0.5) is 0 Å². The fourth-order valence-corrected chi connectivity index (χ4v) is 1.22. The number of halogens is 1. The van der Waals surface area contributed by atoms with Crippen molar-refractivity contribution in [3.8, 4) is 5.75 Å². The zero-order valence-electron chi connectivity index (χ0n) is 7.64. The summed E-state index contributed by atoms with van der Waals surface area (Å²) in [5.74, 6) is -0.555. The summed E-state index contributed by atoms with van der Waals surface area (Å²) in [5, 5.41) is 21.3. The molecule has 5 nitrogen and oxygen atoms in total. The van der Waals surface area contributed by atoms with E-state index in [2.05, 4.69) is 26.5 Å². The molecule has 0 atom stereocenters. The van der Waals surface area contributed by atoms with Crippen molar-refractivity contribution < 1.29 is 15.0 Å². The van der Waals surface area contributed by atoms with E-state index in [1.807, 2.05) is 0 Å². The Hall–Kier alpha value is -1.40. The molecule has 3 N–H and O–H groups in total. The average Bonchev–Trinajstić information content (AvgIpc) is 2.23. The third-order valence-corrected chi connectivity index (χ3v) is 2.02. The van der Waals surface area contributed by atoms with Crippen LogP contribution < -0.4 is 5.43 Å². The smallest absolute Gasteiger partial charge is 0.265 e. The first-order chi connectivity index (χ1) is 7.13. The summed E-state index contributed by atoms with van der Waals surface area (Å²) in [6.45, 7) is -0.623. The Balaban J connectivity index is 2.71. The van der Waals surface area contributed by atoms with Crippen molar-refractivity contribution in [1.29, 1.82) is 0 Å². The van der Waals surface area contributed by atoms with E-state index in [0.717, 1.165) is 4.47 Å². The lowest BCUT2D eigenvalue weighted by atomic mass is 10.2. The number of hydrogen-bond donors (Lipinski definition) is 3. The number of nitrogens with zero attached hydrogens (tertiary/aromatic N) is 1. The number of aliphatic hydroxyl groups is 1. The lowest BCUT2D eigenvalue weighted by Crippen LogP contribution is -2.20. The summed E-state index contributed by atoms with van der Waals surface area (Å²) in [7, 11) is 0. The second-order valence-electron chi connectivity index (χ2n) is 2.65. The van der Waals surface area contributed by atoms with Gasteiger partial charge in [-0.2, -0.15) is 5.10 Å². The molecule has 15 heavy (non-hydrogen) atoms. The van der Waals surface area contributed by atoms with Gasteiger partial charge in [-0.15, -0.1) is 0 Å². The van der Waals surface area contributed by atoms with Crippen molar-refractivity contribution >= 4 is 28.1 Å². The standard InChI is InChI=1S/C9H9BrN2O3/c10-7-1-2-8(14)6(3-7)4-11-12-9(15)5-13/h1-4,13-14H,5H2,(H,12,15)/b11-4-. The van der Waals surface area contributed by atoms with E-state index in [0.29, 0.717) is 5.56 Å². The number of amides is 1. The molecule has 1 amide bonds. The van der Waals surface area contributed by atoms with Gasteiger partial charge in [0.05, 0.1) is 6.21 Å². The number of carbonyl (C=O) groups is 1. The fourth-order valence-electron chi connectivity index (χ4n) is 0.838. The highest BCUT2D eigenvalue weighted by Crippen LogP contribution is 2.19. The number of phenolic OH excluding ortho intramolecular Hbond substituents is 1. The van der Waals surface area contributed by atoms with Crippen molar-refractivity contribution in [3.63, 3.8) is 0 Å². The van der Waals surface area contributed by atoms with Crippen LogP contribution in [0.15, 0.2) is 27.8 Å². The normalized spacial score (nSPS) is 10.5. The van der Waals surface area contributed by atoms with Crippen molar-refractivity contribution in [3.05, 3.63) is 28.2 Å². The van der Waals surface area contributed by atoms with Crippen LogP contribution in [-0.4, -0.2) is 28.9 Å². The van der Waals surface area contributed by atoms with Crippen LogP contribution in [0.25, 0.3) is 0 Å². The minimum atomic E-state index is -0.623. The summed E-state index contributed by atoms with van der Waals surface area (Å²) in [6, 6.07) is 4.82. The van der Waals surface area contributed by atoms with Crippen molar-refractivity contribution in [1.82, 2.24) is 5.43 Å². The summed E-state index contributed by atoms with van der Waals surface area (Å²) < 4.78 is 0.787. The molecule has 0 unspecified atom stereocenters. The molecular formula is C9H9BrN2O3. The third-order valence-electron chi connectivity index (χ3n) is 1.53. The average molecular weight is 273 g/mol. The first-order valence-electron chi connectivity index (χ1n) is 4.05. The zero-order valence-corrected chi connectivity index (χ0v) is 9.23. The predicted molar refractivity (Wildman–Crippen MR) is 58.6 cm³/mol. The van der Waals surface area contributed by atoms with Gasteiger partial charge in [-0.05, 0) is 18.2 Å². The van der Waals surface area contributed by atoms with Crippen LogP contribution >= 0.6 is 15.9 Å². The molecule has 0 saturated carbocycles. The van der Waals surface area contributed by atoms with Gasteiger partial charge in [0.1, 0.15) is 12.4 Å². The number of nitrogens with one attached hydrogen (secondary N) is 1. The van der Waals surface area contributed by atoms with Gasteiger partial charge in [0.2, 0.25) is 0 Å². The first kappa shape index (κ1) is 11.7. The van der Waals surface area contributed by atoms with Crippen LogP contribution in [0.1, 0.15) is 5.56 Å². The highest BCUT2D eigenvalue weighted by molar-refractivity contribution is 9.10. The van der Waals surface area contributed by atoms with E-state index in [1.54, 1.807) is 12.1 Å². The van der Waals surface area contributed by atoms with E-state index in [-0.39, 0.29) is 5.75 Å².